The van der Waals surface area contributed by atoms with Crippen molar-refractivity contribution >= 4 is 0 Å². The highest BCUT2D eigenvalue weighted by Crippen LogP contribution is 2.07. The van der Waals surface area contributed by atoms with E-state index in [1.807, 2.05) is 6.92 Å². The molecule has 0 saturated heterocycles. The van der Waals surface area contributed by atoms with Crippen LogP contribution in [0, 0.1) is 5.95 Å². The van der Waals surface area contributed by atoms with Crippen LogP contribution in [0.2, 0.25) is 0 Å². The molecular weight excluding hydrogens is 169 g/mol. The molecule has 0 aliphatic heterocycles. The van der Waals surface area contributed by atoms with Crippen molar-refractivity contribution in [2.45, 2.75) is 46.1 Å². The fraction of sp³-hybridized carbons (Fsp3) is 0.778. The van der Waals surface area contributed by atoms with Gasteiger partial charge in [0.2, 0.25) is 5.95 Å². The normalized spacial score (nSPS) is 10.7. The van der Waals surface area contributed by atoms with Crippen molar-refractivity contribution in [2.75, 3.05) is 0 Å². The van der Waals surface area contributed by atoms with Crippen molar-refractivity contribution in [3.05, 3.63) is 11.6 Å². The van der Waals surface area contributed by atoms with E-state index in [1.54, 1.807) is 0 Å². The van der Waals surface area contributed by atoms with Gasteiger partial charge in [0.15, 0.2) is 0 Å². The summed E-state index contributed by atoms with van der Waals surface area (Å²) in [4.78, 5) is 0. The fourth-order valence-electron chi connectivity index (χ4n) is 1.19. The van der Waals surface area contributed by atoms with Crippen LogP contribution in [-0.4, -0.2) is 15.0 Å². The van der Waals surface area contributed by atoms with Gasteiger partial charge in [0.25, 0.3) is 0 Å². The number of unbranched alkanes of at least 4 members (excludes halogenated alkanes) is 1. The van der Waals surface area contributed by atoms with E-state index in [1.165, 1.54) is 4.68 Å². The number of aryl methyl sites for hydroxylation is 2. The van der Waals surface area contributed by atoms with Gasteiger partial charge in [-0.25, -0.2) is 4.68 Å². The summed E-state index contributed by atoms with van der Waals surface area (Å²) >= 11 is 0. The van der Waals surface area contributed by atoms with E-state index in [0.717, 1.165) is 19.3 Å². The van der Waals surface area contributed by atoms with Crippen LogP contribution in [0.1, 0.15) is 38.8 Å². The van der Waals surface area contributed by atoms with E-state index in [-0.39, 0.29) is 5.95 Å². The number of rotatable bonds is 5. The maximum absolute atomic E-state index is 13.4. The Labute approximate surface area is 77.9 Å². The second kappa shape index (κ2) is 4.94. The molecule has 0 bridgehead atoms. The Morgan fingerprint density at radius 2 is 2.08 bits per heavy atom. The lowest BCUT2D eigenvalue weighted by atomic mass is 10.2. The van der Waals surface area contributed by atoms with Gasteiger partial charge in [0, 0.05) is 6.54 Å². The monoisotopic (exact) mass is 185 g/mol. The second-order valence-electron chi connectivity index (χ2n) is 3.15. The summed E-state index contributed by atoms with van der Waals surface area (Å²) in [5, 5.41) is 7.56. The number of aromatic nitrogens is 3. The molecule has 0 aliphatic carbocycles. The van der Waals surface area contributed by atoms with E-state index in [2.05, 4.69) is 17.2 Å². The van der Waals surface area contributed by atoms with Gasteiger partial charge in [-0.15, -0.1) is 5.10 Å². The first-order chi connectivity index (χ1) is 6.29. The summed E-state index contributed by atoms with van der Waals surface area (Å²) in [6.07, 6.45) is 3.61. The Morgan fingerprint density at radius 3 is 2.69 bits per heavy atom. The lowest BCUT2D eigenvalue weighted by molar-refractivity contribution is 0.443. The molecule has 0 unspecified atom stereocenters. The standard InChI is InChI=1S/C9H16FN3/c1-3-5-6-8-9(10)13(7-4-2)12-11-8/h3-7H2,1-2H3. The second-order valence-corrected chi connectivity index (χ2v) is 3.15. The molecule has 1 heterocycles. The maximum atomic E-state index is 13.4. The molecule has 0 fully saturated rings. The zero-order chi connectivity index (χ0) is 9.68. The molecule has 0 aliphatic rings. The SMILES string of the molecule is CCCCc1nnn(CCC)c1F. The summed E-state index contributed by atoms with van der Waals surface area (Å²) in [6, 6.07) is 0. The predicted molar refractivity (Wildman–Crippen MR) is 48.9 cm³/mol. The Hall–Kier alpha value is -0.930. The van der Waals surface area contributed by atoms with Crippen LogP contribution in [0.3, 0.4) is 0 Å². The third kappa shape index (κ3) is 2.50. The van der Waals surface area contributed by atoms with Gasteiger partial charge in [-0.1, -0.05) is 25.5 Å². The molecule has 1 aromatic heterocycles. The Morgan fingerprint density at radius 1 is 1.31 bits per heavy atom. The van der Waals surface area contributed by atoms with Crippen molar-refractivity contribution in [2.24, 2.45) is 0 Å². The van der Waals surface area contributed by atoms with Crippen molar-refractivity contribution in [1.29, 1.82) is 0 Å². The molecule has 0 saturated carbocycles. The summed E-state index contributed by atoms with van der Waals surface area (Å²) in [6.45, 7) is 4.69. The highest BCUT2D eigenvalue weighted by Gasteiger charge is 2.10. The molecule has 0 radical (unpaired) electrons. The molecule has 0 atom stereocenters. The van der Waals surface area contributed by atoms with Crippen LogP contribution in [0.25, 0.3) is 0 Å². The highest BCUT2D eigenvalue weighted by atomic mass is 19.1. The van der Waals surface area contributed by atoms with Gasteiger partial charge in [-0.2, -0.15) is 4.39 Å². The topological polar surface area (TPSA) is 30.7 Å². The first kappa shape index (κ1) is 10.2. The van der Waals surface area contributed by atoms with Crippen LogP contribution in [0.15, 0.2) is 0 Å². The third-order valence-electron chi connectivity index (χ3n) is 1.94. The molecule has 0 aromatic carbocycles. The highest BCUT2D eigenvalue weighted by molar-refractivity contribution is 4.95. The molecule has 4 heteroatoms. The lowest BCUT2D eigenvalue weighted by Crippen LogP contribution is -2.02. The third-order valence-corrected chi connectivity index (χ3v) is 1.94. The molecule has 1 rings (SSSR count). The fourth-order valence-corrected chi connectivity index (χ4v) is 1.19. The molecule has 1 aromatic rings. The van der Waals surface area contributed by atoms with Gasteiger partial charge >= 0.3 is 0 Å². The van der Waals surface area contributed by atoms with Crippen LogP contribution in [0.4, 0.5) is 4.39 Å². The number of hydrogen-bond donors (Lipinski definition) is 0. The van der Waals surface area contributed by atoms with Gasteiger partial charge in [-0.3, -0.25) is 0 Å². The van der Waals surface area contributed by atoms with E-state index >= 15 is 0 Å². The zero-order valence-corrected chi connectivity index (χ0v) is 8.26. The maximum Gasteiger partial charge on any atom is 0.234 e. The molecule has 74 valence electrons. The summed E-state index contributed by atoms with van der Waals surface area (Å²) in [7, 11) is 0. The van der Waals surface area contributed by atoms with Crippen LogP contribution < -0.4 is 0 Å². The molecule has 3 nitrogen and oxygen atoms in total. The van der Waals surface area contributed by atoms with Crippen LogP contribution in [-0.2, 0) is 13.0 Å². The quantitative estimate of drug-likeness (QED) is 0.703. The average Bonchev–Trinajstić information content (AvgIpc) is 2.46. The van der Waals surface area contributed by atoms with E-state index in [9.17, 15) is 4.39 Å². The largest absolute Gasteiger partial charge is 0.234 e. The first-order valence-electron chi connectivity index (χ1n) is 4.87. The number of nitrogens with zero attached hydrogens (tertiary/aromatic N) is 3. The van der Waals surface area contributed by atoms with Gasteiger partial charge in [-0.05, 0) is 19.3 Å². The van der Waals surface area contributed by atoms with Crippen molar-refractivity contribution in [3.8, 4) is 0 Å². The zero-order valence-electron chi connectivity index (χ0n) is 8.26. The Balaban J connectivity index is 2.62. The van der Waals surface area contributed by atoms with Crippen molar-refractivity contribution in [3.63, 3.8) is 0 Å². The minimum Gasteiger partial charge on any atom is -0.219 e. The Bertz CT molecular complexity index is 257. The van der Waals surface area contributed by atoms with Gasteiger partial charge in [0.1, 0.15) is 5.69 Å². The van der Waals surface area contributed by atoms with E-state index in [4.69, 9.17) is 0 Å². The predicted octanol–water partition coefficient (Wildman–Crippen LogP) is 2.17. The lowest BCUT2D eigenvalue weighted by Gasteiger charge is -1.96. The molecule has 0 amide bonds. The first-order valence-corrected chi connectivity index (χ1v) is 4.87. The number of hydrogen-bond acceptors (Lipinski definition) is 2. The van der Waals surface area contributed by atoms with Gasteiger partial charge < -0.3 is 0 Å². The molecule has 13 heavy (non-hydrogen) atoms. The Kier molecular flexibility index (Phi) is 3.86. The van der Waals surface area contributed by atoms with Gasteiger partial charge in [0.05, 0.1) is 0 Å². The smallest absolute Gasteiger partial charge is 0.219 e. The minimum absolute atomic E-state index is 0.254. The van der Waals surface area contributed by atoms with Crippen LogP contribution in [0.5, 0.6) is 0 Å². The van der Waals surface area contributed by atoms with E-state index in [0.29, 0.717) is 18.7 Å². The summed E-state index contributed by atoms with van der Waals surface area (Å²) in [5.41, 5.74) is 0.510. The molecule has 0 spiro atoms. The summed E-state index contributed by atoms with van der Waals surface area (Å²) < 4.78 is 14.7. The van der Waals surface area contributed by atoms with Crippen molar-refractivity contribution < 1.29 is 4.39 Å². The average molecular weight is 185 g/mol. The molecular formula is C9H16FN3. The van der Waals surface area contributed by atoms with Crippen molar-refractivity contribution in [1.82, 2.24) is 15.0 Å². The van der Waals surface area contributed by atoms with E-state index < -0.39 is 0 Å². The molecule has 0 N–H and O–H groups in total. The number of halogens is 1. The van der Waals surface area contributed by atoms with Crippen LogP contribution >= 0.6 is 0 Å². The summed E-state index contributed by atoms with van der Waals surface area (Å²) in [5.74, 6) is -0.254. The minimum atomic E-state index is -0.254.